The Bertz CT molecular complexity index is 671. The van der Waals surface area contributed by atoms with Crippen molar-refractivity contribution in [1.29, 1.82) is 0 Å². The van der Waals surface area contributed by atoms with E-state index in [0.717, 1.165) is 19.3 Å². The number of hydrogen-bond donors (Lipinski definition) is 1. The second kappa shape index (κ2) is 8.08. The molecule has 27 heavy (non-hydrogen) atoms. The number of carbonyl (C=O) groups excluding carboxylic acids is 2. The number of nitrogens with zero attached hydrogens (tertiary/aromatic N) is 1. The summed E-state index contributed by atoms with van der Waals surface area (Å²) < 4.78 is 10.5. The molecule has 1 saturated heterocycles. The molecule has 2 fully saturated rings. The third-order valence-corrected chi connectivity index (χ3v) is 5.60. The third kappa shape index (κ3) is 3.79. The first kappa shape index (κ1) is 20.0. The van der Waals surface area contributed by atoms with Crippen LogP contribution >= 0.6 is 0 Å². The second-order valence-electron chi connectivity index (χ2n) is 7.69. The quantitative estimate of drug-likeness (QED) is 0.589. The van der Waals surface area contributed by atoms with Gasteiger partial charge < -0.3 is 9.47 Å². The Hall–Kier alpha value is -1.77. The summed E-state index contributed by atoms with van der Waals surface area (Å²) in [7, 11) is 1.35. The molecule has 0 aromatic heterocycles. The van der Waals surface area contributed by atoms with Gasteiger partial charge in [0.2, 0.25) is 0 Å². The van der Waals surface area contributed by atoms with Gasteiger partial charge in [-0.2, -0.15) is 5.48 Å². The summed E-state index contributed by atoms with van der Waals surface area (Å²) in [4.78, 5) is 40.4. The molecule has 5 atom stereocenters. The lowest BCUT2D eigenvalue weighted by Gasteiger charge is -2.41. The van der Waals surface area contributed by atoms with Gasteiger partial charge in [-0.3, -0.25) is 9.79 Å². The number of hydroxylamine groups is 1. The van der Waals surface area contributed by atoms with E-state index < -0.39 is 23.8 Å². The van der Waals surface area contributed by atoms with E-state index in [1.807, 2.05) is 0 Å². The summed E-state index contributed by atoms with van der Waals surface area (Å²) >= 11 is 0. The first-order valence-electron chi connectivity index (χ1n) is 9.47. The molecule has 3 aliphatic rings. The lowest BCUT2D eigenvalue weighted by Crippen LogP contribution is -2.51. The number of nitrogens with one attached hydrogen (secondary N) is 1. The molecule has 8 heteroatoms. The SMILES string of the molecule is COC(=O)C1C(C)=NC(C)=C(C(=O)OC(C)C)C1C1CCCC2OONC21. The van der Waals surface area contributed by atoms with Crippen molar-refractivity contribution in [3.05, 3.63) is 11.3 Å². The fraction of sp³-hybridized carbons (Fsp3) is 0.737. The predicted molar refractivity (Wildman–Crippen MR) is 96.3 cm³/mol. The van der Waals surface area contributed by atoms with Crippen LogP contribution in [0.2, 0.25) is 0 Å². The van der Waals surface area contributed by atoms with E-state index in [2.05, 4.69) is 10.5 Å². The molecule has 1 saturated carbocycles. The van der Waals surface area contributed by atoms with Crippen LogP contribution in [-0.2, 0) is 28.9 Å². The first-order chi connectivity index (χ1) is 12.8. The van der Waals surface area contributed by atoms with Crippen LogP contribution in [-0.4, -0.2) is 43.0 Å². The molecule has 0 aromatic rings. The number of ether oxygens (including phenoxy) is 2. The minimum atomic E-state index is -0.639. The smallest absolute Gasteiger partial charge is 0.336 e. The molecule has 3 rings (SSSR count). The molecule has 0 spiro atoms. The number of rotatable bonds is 4. The van der Waals surface area contributed by atoms with Gasteiger partial charge in [-0.1, -0.05) is 6.42 Å². The van der Waals surface area contributed by atoms with Crippen LogP contribution in [0.4, 0.5) is 0 Å². The summed E-state index contributed by atoms with van der Waals surface area (Å²) in [6.45, 7) is 7.19. The van der Waals surface area contributed by atoms with Crippen molar-refractivity contribution < 1.29 is 28.9 Å². The molecular weight excluding hydrogens is 352 g/mol. The van der Waals surface area contributed by atoms with Crippen LogP contribution < -0.4 is 5.48 Å². The molecule has 1 aliphatic carbocycles. The van der Waals surface area contributed by atoms with Gasteiger partial charge in [-0.15, -0.1) is 4.99 Å². The average molecular weight is 380 g/mol. The zero-order valence-corrected chi connectivity index (χ0v) is 16.5. The Morgan fingerprint density at radius 3 is 2.67 bits per heavy atom. The van der Waals surface area contributed by atoms with E-state index >= 15 is 0 Å². The highest BCUT2D eigenvalue weighted by Crippen LogP contribution is 2.45. The summed E-state index contributed by atoms with van der Waals surface area (Å²) in [5, 5.41) is 0. The summed E-state index contributed by atoms with van der Waals surface area (Å²) in [5.41, 5.74) is 4.61. The molecule has 0 bridgehead atoms. The lowest BCUT2D eigenvalue weighted by molar-refractivity contribution is -0.307. The van der Waals surface area contributed by atoms with Gasteiger partial charge in [0.25, 0.3) is 0 Å². The lowest BCUT2D eigenvalue weighted by atomic mass is 9.65. The van der Waals surface area contributed by atoms with E-state index in [4.69, 9.17) is 19.3 Å². The van der Waals surface area contributed by atoms with Gasteiger partial charge in [-0.05, 0) is 46.5 Å². The highest BCUT2D eigenvalue weighted by Gasteiger charge is 2.51. The maximum atomic E-state index is 12.9. The van der Waals surface area contributed by atoms with Gasteiger partial charge in [0.05, 0.1) is 24.8 Å². The summed E-state index contributed by atoms with van der Waals surface area (Å²) in [6.07, 6.45) is 2.24. The Morgan fingerprint density at radius 1 is 1.26 bits per heavy atom. The predicted octanol–water partition coefficient (Wildman–Crippen LogP) is 2.10. The number of fused-ring (bicyclic) bond motifs is 1. The molecule has 0 aromatic carbocycles. The van der Waals surface area contributed by atoms with Crippen LogP contribution in [0.5, 0.6) is 0 Å². The largest absolute Gasteiger partial charge is 0.468 e. The molecular formula is C19H28N2O6. The van der Waals surface area contributed by atoms with E-state index in [9.17, 15) is 9.59 Å². The normalized spacial score (nSPS) is 33.6. The fourth-order valence-corrected chi connectivity index (χ4v) is 4.54. The summed E-state index contributed by atoms with van der Waals surface area (Å²) in [6, 6.07) is -0.114. The Morgan fingerprint density at radius 2 is 2.00 bits per heavy atom. The number of esters is 2. The van der Waals surface area contributed by atoms with Crippen LogP contribution in [0.15, 0.2) is 16.3 Å². The monoisotopic (exact) mass is 380 g/mol. The topological polar surface area (TPSA) is 95.5 Å². The van der Waals surface area contributed by atoms with Crippen molar-refractivity contribution in [3.63, 3.8) is 0 Å². The highest BCUT2D eigenvalue weighted by atomic mass is 17.3. The van der Waals surface area contributed by atoms with Gasteiger partial charge >= 0.3 is 11.9 Å². The van der Waals surface area contributed by atoms with Crippen molar-refractivity contribution in [3.8, 4) is 0 Å². The molecule has 150 valence electrons. The van der Waals surface area contributed by atoms with Crippen LogP contribution in [0.25, 0.3) is 0 Å². The molecule has 0 amide bonds. The van der Waals surface area contributed by atoms with Crippen molar-refractivity contribution in [2.45, 2.75) is 65.2 Å². The zero-order valence-electron chi connectivity index (χ0n) is 16.5. The maximum Gasteiger partial charge on any atom is 0.336 e. The van der Waals surface area contributed by atoms with Crippen molar-refractivity contribution in [2.24, 2.45) is 22.7 Å². The number of carbonyl (C=O) groups is 2. The Labute approximate surface area is 159 Å². The number of allylic oxidation sites excluding steroid dienone is 1. The van der Waals surface area contributed by atoms with Crippen LogP contribution in [0.3, 0.4) is 0 Å². The molecule has 0 radical (unpaired) electrons. The average Bonchev–Trinajstić information content (AvgIpc) is 3.08. The Kier molecular flexibility index (Phi) is 5.98. The first-order valence-corrected chi connectivity index (χ1v) is 9.47. The number of methoxy groups -OCH3 is 1. The standard InChI is InChI=1S/C19H28N2O6/c1-9(2)25-19(23)15-11(4)20-10(3)14(18(22)24-5)16(15)12-7-6-8-13-17(12)21-27-26-13/h9,12-14,16-17,21H,6-8H2,1-5H3. The second-order valence-corrected chi connectivity index (χ2v) is 7.69. The van der Waals surface area contributed by atoms with Gasteiger partial charge in [-0.25, -0.2) is 9.68 Å². The third-order valence-electron chi connectivity index (χ3n) is 5.60. The van der Waals surface area contributed by atoms with Crippen molar-refractivity contribution in [2.75, 3.05) is 7.11 Å². The van der Waals surface area contributed by atoms with Crippen molar-refractivity contribution in [1.82, 2.24) is 5.48 Å². The zero-order chi connectivity index (χ0) is 19.7. The molecule has 2 aliphatic heterocycles. The summed E-state index contributed by atoms with van der Waals surface area (Å²) in [5.74, 6) is -1.93. The molecule has 1 N–H and O–H groups in total. The van der Waals surface area contributed by atoms with Gasteiger partial charge in [0.1, 0.15) is 12.0 Å². The van der Waals surface area contributed by atoms with Gasteiger partial charge in [0.15, 0.2) is 0 Å². The van der Waals surface area contributed by atoms with E-state index in [1.54, 1.807) is 27.7 Å². The van der Waals surface area contributed by atoms with Crippen LogP contribution in [0.1, 0.15) is 47.0 Å². The van der Waals surface area contributed by atoms with E-state index in [1.165, 1.54) is 7.11 Å². The fourth-order valence-electron chi connectivity index (χ4n) is 4.54. The van der Waals surface area contributed by atoms with Crippen molar-refractivity contribution >= 4 is 17.7 Å². The minimum Gasteiger partial charge on any atom is -0.468 e. The molecule has 8 nitrogen and oxygen atoms in total. The maximum absolute atomic E-state index is 12.9. The minimum absolute atomic E-state index is 0.0505. The number of aliphatic imine (C=N–C) groups is 1. The number of hydrogen-bond acceptors (Lipinski definition) is 8. The molecule has 2 heterocycles. The highest BCUT2D eigenvalue weighted by molar-refractivity contribution is 6.05. The van der Waals surface area contributed by atoms with Crippen LogP contribution in [0, 0.1) is 17.8 Å². The van der Waals surface area contributed by atoms with Gasteiger partial charge in [0, 0.05) is 17.3 Å². The van der Waals surface area contributed by atoms with E-state index in [-0.39, 0.29) is 24.2 Å². The molecule has 5 unspecified atom stereocenters. The van der Waals surface area contributed by atoms with E-state index in [0.29, 0.717) is 17.0 Å². The Balaban J connectivity index is 2.05.